The summed E-state index contributed by atoms with van der Waals surface area (Å²) in [6.07, 6.45) is 3.78. The van der Waals surface area contributed by atoms with Gasteiger partial charge in [0.15, 0.2) is 0 Å². The number of pyridine rings is 1. The molecule has 3 heterocycles. The molecule has 11 heteroatoms. The maximum Gasteiger partial charge on any atom is 0.319 e. The Balaban J connectivity index is 1.33. The van der Waals surface area contributed by atoms with Crippen molar-refractivity contribution in [1.82, 2.24) is 30.0 Å². The molecule has 0 bridgehead atoms. The first kappa shape index (κ1) is 27.0. The van der Waals surface area contributed by atoms with Crippen molar-refractivity contribution in [3.8, 4) is 5.69 Å². The smallest absolute Gasteiger partial charge is 0.319 e. The lowest BCUT2D eigenvalue weighted by Gasteiger charge is -2.40. The van der Waals surface area contributed by atoms with Crippen LogP contribution in [0.25, 0.3) is 16.6 Å². The predicted molar refractivity (Wildman–Crippen MR) is 153 cm³/mol. The molecule has 1 saturated heterocycles. The molecule has 3 N–H and O–H groups in total. The Morgan fingerprint density at radius 2 is 1.65 bits per heavy atom. The first-order chi connectivity index (χ1) is 19.2. The van der Waals surface area contributed by atoms with Gasteiger partial charge in [0.1, 0.15) is 0 Å². The van der Waals surface area contributed by atoms with Gasteiger partial charge in [-0.15, -0.1) is 0 Å². The highest BCUT2D eigenvalue weighted by atomic mass is 35.5. The summed E-state index contributed by atoms with van der Waals surface area (Å²) in [5.74, 6) is -0.639. The van der Waals surface area contributed by atoms with Crippen LogP contribution in [-0.4, -0.2) is 76.5 Å². The predicted octanol–water partition coefficient (Wildman–Crippen LogP) is 3.26. The average molecular weight is 561 g/mol. The average Bonchev–Trinajstić information content (AvgIpc) is 3.33. The van der Waals surface area contributed by atoms with Gasteiger partial charge >= 0.3 is 6.03 Å². The third-order valence-electron chi connectivity index (χ3n) is 7.02. The van der Waals surface area contributed by atoms with Crippen molar-refractivity contribution in [2.75, 3.05) is 27.2 Å². The fourth-order valence-electron chi connectivity index (χ4n) is 4.88. The highest BCUT2D eigenvalue weighted by molar-refractivity contribution is 6.35. The van der Waals surface area contributed by atoms with Crippen molar-refractivity contribution >= 4 is 40.3 Å². The van der Waals surface area contributed by atoms with E-state index in [0.717, 1.165) is 10.9 Å². The Labute approximate surface area is 235 Å². The van der Waals surface area contributed by atoms with Crippen molar-refractivity contribution in [2.45, 2.75) is 18.5 Å². The zero-order valence-corrected chi connectivity index (χ0v) is 22.8. The maximum atomic E-state index is 13.3. The number of nitrogens with zero attached hydrogens (tertiary/aromatic N) is 3. The number of amides is 4. The number of H-pyrrole nitrogens is 1. The van der Waals surface area contributed by atoms with E-state index in [-0.39, 0.29) is 29.9 Å². The van der Waals surface area contributed by atoms with Gasteiger partial charge in [-0.05, 0) is 48.9 Å². The standard InChI is InChI=1S/C29H29ClN6O4/c1-34(2)29(40)35-14-12-23(25(17-35)33-28(39)19-8-11-21-22(30)16-31-24(21)15-19)32-27(38)18-6-9-20(10-7-18)36-13-4-3-5-26(36)37/h3-11,13,15-16,23,25,31H,12,14,17H2,1-2H3,(H,32,38)(H,33,39)/t23-,25+/m0/s1. The van der Waals surface area contributed by atoms with Gasteiger partial charge in [0.05, 0.1) is 17.1 Å². The minimum absolute atomic E-state index is 0.168. The van der Waals surface area contributed by atoms with Crippen LogP contribution in [0.5, 0.6) is 0 Å². The Kier molecular flexibility index (Phi) is 7.61. The van der Waals surface area contributed by atoms with Crippen LogP contribution >= 0.6 is 11.6 Å². The molecule has 4 amide bonds. The molecule has 1 aliphatic rings. The Morgan fingerprint density at radius 3 is 2.38 bits per heavy atom. The lowest BCUT2D eigenvalue weighted by Crippen LogP contribution is -2.62. The van der Waals surface area contributed by atoms with Crippen LogP contribution in [0.1, 0.15) is 27.1 Å². The van der Waals surface area contributed by atoms with Gasteiger partial charge < -0.3 is 25.4 Å². The highest BCUT2D eigenvalue weighted by Gasteiger charge is 2.34. The van der Waals surface area contributed by atoms with Gasteiger partial charge in [-0.2, -0.15) is 0 Å². The topological polar surface area (TPSA) is 120 Å². The van der Waals surface area contributed by atoms with Gasteiger partial charge in [0, 0.05) is 73.4 Å². The molecule has 4 aromatic rings. The van der Waals surface area contributed by atoms with Crippen molar-refractivity contribution in [3.05, 3.63) is 99.6 Å². The van der Waals surface area contributed by atoms with Crippen LogP contribution < -0.4 is 16.2 Å². The van der Waals surface area contributed by atoms with Gasteiger partial charge in [0.2, 0.25) is 0 Å². The summed E-state index contributed by atoms with van der Waals surface area (Å²) in [5, 5.41) is 7.44. The molecule has 0 unspecified atom stereocenters. The second-order valence-corrected chi connectivity index (χ2v) is 10.3. The quantitative estimate of drug-likeness (QED) is 0.347. The zero-order chi connectivity index (χ0) is 28.4. The molecule has 0 spiro atoms. The van der Waals surface area contributed by atoms with Crippen molar-refractivity contribution in [1.29, 1.82) is 0 Å². The molecule has 0 aliphatic carbocycles. The van der Waals surface area contributed by atoms with Gasteiger partial charge in [-0.25, -0.2) is 4.79 Å². The lowest BCUT2D eigenvalue weighted by molar-refractivity contribution is 0.0816. The minimum atomic E-state index is -0.529. The molecular weight excluding hydrogens is 532 g/mol. The Bertz CT molecular complexity index is 1630. The number of carbonyl (C=O) groups excluding carboxylic acids is 3. The largest absolute Gasteiger partial charge is 0.360 e. The summed E-state index contributed by atoms with van der Waals surface area (Å²) in [5.41, 5.74) is 2.05. The number of nitrogens with one attached hydrogen (secondary N) is 3. The number of carbonyl (C=O) groups is 3. The van der Waals surface area contributed by atoms with Gasteiger partial charge in [0.25, 0.3) is 17.4 Å². The number of aromatic amines is 1. The van der Waals surface area contributed by atoms with E-state index in [2.05, 4.69) is 15.6 Å². The summed E-state index contributed by atoms with van der Waals surface area (Å²) in [6, 6.07) is 15.7. The van der Waals surface area contributed by atoms with Crippen LogP contribution in [0.3, 0.4) is 0 Å². The summed E-state index contributed by atoms with van der Waals surface area (Å²) in [7, 11) is 3.35. The number of halogens is 1. The molecule has 206 valence electrons. The van der Waals surface area contributed by atoms with E-state index < -0.39 is 12.1 Å². The molecule has 0 saturated carbocycles. The molecular formula is C29H29ClN6O4. The number of benzene rings is 2. The van der Waals surface area contributed by atoms with E-state index in [4.69, 9.17) is 11.6 Å². The number of aromatic nitrogens is 2. The van der Waals surface area contributed by atoms with E-state index >= 15 is 0 Å². The lowest BCUT2D eigenvalue weighted by atomic mass is 9.98. The number of hydrogen-bond acceptors (Lipinski definition) is 4. The second-order valence-electron chi connectivity index (χ2n) is 9.92. The summed E-state index contributed by atoms with van der Waals surface area (Å²) in [6.45, 7) is 0.664. The van der Waals surface area contributed by atoms with Gasteiger partial charge in [-0.1, -0.05) is 23.7 Å². The third kappa shape index (κ3) is 5.57. The number of likely N-dealkylation sites (tertiary alicyclic amines) is 1. The highest BCUT2D eigenvalue weighted by Crippen LogP contribution is 2.24. The molecule has 2 aromatic carbocycles. The van der Waals surface area contributed by atoms with E-state index in [1.165, 1.54) is 15.5 Å². The van der Waals surface area contributed by atoms with Crippen molar-refractivity contribution in [2.24, 2.45) is 0 Å². The monoisotopic (exact) mass is 560 g/mol. The molecule has 1 fully saturated rings. The SMILES string of the molecule is CN(C)C(=O)N1CC[C@H](NC(=O)c2ccc(-n3ccccc3=O)cc2)[C@H](NC(=O)c2ccc3c(Cl)c[nH]c3c2)C1. The van der Waals surface area contributed by atoms with Crippen LogP contribution in [-0.2, 0) is 0 Å². The Morgan fingerprint density at radius 1 is 0.950 bits per heavy atom. The fourth-order valence-corrected chi connectivity index (χ4v) is 5.10. The third-order valence-corrected chi connectivity index (χ3v) is 7.34. The van der Waals surface area contributed by atoms with Crippen LogP contribution in [0, 0.1) is 0 Å². The zero-order valence-electron chi connectivity index (χ0n) is 22.1. The van der Waals surface area contributed by atoms with Crippen molar-refractivity contribution < 1.29 is 14.4 Å². The van der Waals surface area contributed by atoms with E-state index in [0.29, 0.717) is 34.8 Å². The van der Waals surface area contributed by atoms with Crippen LogP contribution in [0.4, 0.5) is 4.79 Å². The number of urea groups is 1. The molecule has 1 aliphatic heterocycles. The minimum Gasteiger partial charge on any atom is -0.360 e. The number of fused-ring (bicyclic) bond motifs is 1. The first-order valence-corrected chi connectivity index (χ1v) is 13.2. The molecule has 40 heavy (non-hydrogen) atoms. The molecule has 5 rings (SSSR count). The van der Waals surface area contributed by atoms with E-state index in [1.54, 1.807) is 86.0 Å². The molecule has 10 nitrogen and oxygen atoms in total. The summed E-state index contributed by atoms with van der Waals surface area (Å²) in [4.78, 5) is 57.5. The number of rotatable bonds is 5. The molecule has 2 atom stereocenters. The number of hydrogen-bond donors (Lipinski definition) is 3. The maximum absolute atomic E-state index is 13.3. The van der Waals surface area contributed by atoms with E-state index in [1.807, 2.05) is 0 Å². The van der Waals surface area contributed by atoms with Crippen LogP contribution in [0.15, 0.2) is 77.9 Å². The summed E-state index contributed by atoms with van der Waals surface area (Å²) < 4.78 is 1.49. The fraction of sp³-hybridized carbons (Fsp3) is 0.241. The molecule has 2 aromatic heterocycles. The second kappa shape index (κ2) is 11.3. The molecule has 0 radical (unpaired) electrons. The first-order valence-electron chi connectivity index (χ1n) is 12.8. The van der Waals surface area contributed by atoms with Crippen LogP contribution in [0.2, 0.25) is 5.02 Å². The summed E-state index contributed by atoms with van der Waals surface area (Å²) >= 11 is 6.17. The Hall–Kier alpha value is -4.57. The van der Waals surface area contributed by atoms with E-state index in [9.17, 15) is 19.2 Å². The van der Waals surface area contributed by atoms with Crippen molar-refractivity contribution in [3.63, 3.8) is 0 Å². The number of piperidine rings is 1. The normalized spacial score (nSPS) is 16.9. The van der Waals surface area contributed by atoms with Gasteiger partial charge in [-0.3, -0.25) is 19.0 Å².